The van der Waals surface area contributed by atoms with Crippen LogP contribution >= 0.6 is 0 Å². The summed E-state index contributed by atoms with van der Waals surface area (Å²) in [5.41, 5.74) is 1.06. The summed E-state index contributed by atoms with van der Waals surface area (Å²) in [6.45, 7) is 5.63. The lowest BCUT2D eigenvalue weighted by Gasteiger charge is -2.41. The molecule has 0 spiro atoms. The van der Waals surface area contributed by atoms with Crippen LogP contribution in [0.4, 0.5) is 0 Å². The molecule has 5 heteroatoms. The molecule has 1 aromatic carbocycles. The fraction of sp³-hybridized carbons (Fsp3) is 0.583. The minimum atomic E-state index is 0.113. The van der Waals surface area contributed by atoms with Crippen molar-refractivity contribution in [3.8, 4) is 0 Å². The molecule has 0 aromatic heterocycles. The van der Waals surface area contributed by atoms with Crippen molar-refractivity contribution >= 4 is 17.9 Å². The van der Waals surface area contributed by atoms with Crippen molar-refractivity contribution in [2.24, 2.45) is 5.92 Å². The first-order valence-corrected chi connectivity index (χ1v) is 11.3. The van der Waals surface area contributed by atoms with E-state index in [9.17, 15) is 9.59 Å². The van der Waals surface area contributed by atoms with E-state index in [-0.39, 0.29) is 11.8 Å². The van der Waals surface area contributed by atoms with Gasteiger partial charge < -0.3 is 14.7 Å². The number of likely N-dealkylation sites (tertiary alicyclic amines) is 3. The van der Waals surface area contributed by atoms with Gasteiger partial charge in [-0.15, -0.1) is 0 Å². The third-order valence-electron chi connectivity index (χ3n) is 6.81. The van der Waals surface area contributed by atoms with Crippen molar-refractivity contribution in [2.75, 3.05) is 39.3 Å². The Balaban J connectivity index is 1.20. The lowest BCUT2D eigenvalue weighted by atomic mass is 9.92. The molecule has 0 atom stereocenters. The molecular weight excluding hydrogens is 362 g/mol. The van der Waals surface area contributed by atoms with Gasteiger partial charge >= 0.3 is 0 Å². The summed E-state index contributed by atoms with van der Waals surface area (Å²) in [7, 11) is 0. The molecule has 3 fully saturated rings. The van der Waals surface area contributed by atoms with Crippen LogP contribution in [0.3, 0.4) is 0 Å². The van der Waals surface area contributed by atoms with E-state index in [0.29, 0.717) is 11.9 Å². The van der Waals surface area contributed by atoms with E-state index in [1.165, 1.54) is 12.8 Å². The quantitative estimate of drug-likeness (QED) is 0.736. The summed E-state index contributed by atoms with van der Waals surface area (Å²) >= 11 is 0. The summed E-state index contributed by atoms with van der Waals surface area (Å²) in [4.78, 5) is 31.7. The van der Waals surface area contributed by atoms with E-state index in [2.05, 4.69) is 9.80 Å². The SMILES string of the molecule is O=C(/C=C/c1ccccc1)N1CCC(N2CCC(C(=O)N3CCCC3)CC2)CC1. The van der Waals surface area contributed by atoms with Crippen LogP contribution in [0.15, 0.2) is 36.4 Å². The Bertz CT molecular complexity index is 711. The van der Waals surface area contributed by atoms with E-state index in [0.717, 1.165) is 70.5 Å². The standard InChI is InChI=1S/C24H33N3O2/c28-23(9-8-20-6-2-1-3-7-20)26-18-12-22(13-19-26)25-16-10-21(11-17-25)24(29)27-14-4-5-15-27/h1-3,6-9,21-22H,4-5,10-19H2/b9-8+. The highest BCUT2D eigenvalue weighted by molar-refractivity contribution is 5.91. The second kappa shape index (κ2) is 9.57. The number of benzene rings is 1. The smallest absolute Gasteiger partial charge is 0.246 e. The fourth-order valence-electron chi connectivity index (χ4n) is 5.00. The summed E-state index contributed by atoms with van der Waals surface area (Å²) < 4.78 is 0. The van der Waals surface area contributed by atoms with Gasteiger partial charge in [0.25, 0.3) is 0 Å². The second-order valence-electron chi connectivity index (χ2n) is 8.64. The van der Waals surface area contributed by atoms with Gasteiger partial charge in [0.2, 0.25) is 11.8 Å². The highest BCUT2D eigenvalue weighted by Crippen LogP contribution is 2.26. The Morgan fingerprint density at radius 3 is 2.10 bits per heavy atom. The van der Waals surface area contributed by atoms with Gasteiger partial charge in [0.1, 0.15) is 0 Å². The van der Waals surface area contributed by atoms with Crippen LogP contribution in [0.2, 0.25) is 0 Å². The molecule has 3 aliphatic rings. The largest absolute Gasteiger partial charge is 0.342 e. The Kier molecular flexibility index (Phi) is 6.65. The van der Waals surface area contributed by atoms with E-state index >= 15 is 0 Å². The van der Waals surface area contributed by atoms with Crippen LogP contribution in [0.25, 0.3) is 6.08 Å². The molecule has 3 aliphatic heterocycles. The first-order valence-electron chi connectivity index (χ1n) is 11.3. The van der Waals surface area contributed by atoms with Crippen molar-refractivity contribution in [2.45, 2.75) is 44.6 Å². The number of nitrogens with zero attached hydrogens (tertiary/aromatic N) is 3. The van der Waals surface area contributed by atoms with E-state index in [1.54, 1.807) is 6.08 Å². The summed E-state index contributed by atoms with van der Waals surface area (Å²) in [5, 5.41) is 0. The molecule has 0 N–H and O–H groups in total. The van der Waals surface area contributed by atoms with Crippen LogP contribution in [0.1, 0.15) is 44.1 Å². The fourth-order valence-corrected chi connectivity index (χ4v) is 5.00. The lowest BCUT2D eigenvalue weighted by Crippen LogP contribution is -2.50. The van der Waals surface area contributed by atoms with Crippen molar-refractivity contribution < 1.29 is 9.59 Å². The van der Waals surface area contributed by atoms with Gasteiger partial charge in [-0.3, -0.25) is 9.59 Å². The molecule has 1 aromatic rings. The van der Waals surface area contributed by atoms with Crippen molar-refractivity contribution in [1.82, 2.24) is 14.7 Å². The lowest BCUT2D eigenvalue weighted by molar-refractivity contribution is -0.136. The molecule has 4 rings (SSSR count). The third-order valence-corrected chi connectivity index (χ3v) is 6.81. The molecule has 0 aliphatic carbocycles. The van der Waals surface area contributed by atoms with E-state index in [1.807, 2.05) is 41.3 Å². The molecule has 0 saturated carbocycles. The maximum Gasteiger partial charge on any atom is 0.246 e. The molecule has 0 bridgehead atoms. The Morgan fingerprint density at radius 1 is 0.793 bits per heavy atom. The normalized spacial score (nSPS) is 22.5. The zero-order chi connectivity index (χ0) is 20.1. The summed E-state index contributed by atoms with van der Waals surface area (Å²) in [6.07, 6.45) is 10.0. The number of amides is 2. The number of carbonyl (C=O) groups is 2. The van der Waals surface area contributed by atoms with Gasteiger partial charge in [-0.25, -0.2) is 0 Å². The maximum atomic E-state index is 12.6. The predicted octanol–water partition coefficient (Wildman–Crippen LogP) is 3.03. The average Bonchev–Trinajstić information content (AvgIpc) is 3.33. The molecule has 29 heavy (non-hydrogen) atoms. The van der Waals surface area contributed by atoms with Gasteiger partial charge in [0.15, 0.2) is 0 Å². The summed E-state index contributed by atoms with van der Waals surface area (Å²) in [5.74, 6) is 0.740. The van der Waals surface area contributed by atoms with Gasteiger partial charge in [-0.2, -0.15) is 0 Å². The monoisotopic (exact) mass is 395 g/mol. The number of hydrogen-bond acceptors (Lipinski definition) is 3. The molecule has 3 heterocycles. The third kappa shape index (κ3) is 5.08. The van der Waals surface area contributed by atoms with E-state index in [4.69, 9.17) is 0 Å². The van der Waals surface area contributed by atoms with Crippen LogP contribution in [-0.4, -0.2) is 71.8 Å². The number of piperidine rings is 2. The Morgan fingerprint density at radius 2 is 1.45 bits per heavy atom. The molecular formula is C24H33N3O2. The molecule has 2 amide bonds. The van der Waals surface area contributed by atoms with Crippen LogP contribution in [-0.2, 0) is 9.59 Å². The molecule has 0 radical (unpaired) electrons. The number of rotatable bonds is 4. The van der Waals surface area contributed by atoms with E-state index < -0.39 is 0 Å². The van der Waals surface area contributed by atoms with Gasteiger partial charge in [0.05, 0.1) is 0 Å². The van der Waals surface area contributed by atoms with Crippen LogP contribution < -0.4 is 0 Å². The topological polar surface area (TPSA) is 43.9 Å². The van der Waals surface area contributed by atoms with Crippen LogP contribution in [0, 0.1) is 5.92 Å². The number of carbonyl (C=O) groups excluding carboxylic acids is 2. The predicted molar refractivity (Wildman–Crippen MR) is 115 cm³/mol. The van der Waals surface area contributed by atoms with Crippen molar-refractivity contribution in [1.29, 1.82) is 0 Å². The van der Waals surface area contributed by atoms with Crippen molar-refractivity contribution in [3.63, 3.8) is 0 Å². The zero-order valence-corrected chi connectivity index (χ0v) is 17.3. The highest BCUT2D eigenvalue weighted by Gasteiger charge is 2.33. The minimum Gasteiger partial charge on any atom is -0.342 e. The number of hydrogen-bond donors (Lipinski definition) is 0. The Hall–Kier alpha value is -2.14. The average molecular weight is 396 g/mol. The Labute approximate surface area is 174 Å². The first kappa shape index (κ1) is 20.1. The second-order valence-corrected chi connectivity index (χ2v) is 8.64. The molecule has 5 nitrogen and oxygen atoms in total. The molecule has 0 unspecified atom stereocenters. The zero-order valence-electron chi connectivity index (χ0n) is 17.3. The minimum absolute atomic E-state index is 0.113. The van der Waals surface area contributed by atoms with Gasteiger partial charge in [0, 0.05) is 44.2 Å². The maximum absolute atomic E-state index is 12.6. The van der Waals surface area contributed by atoms with Crippen LogP contribution in [0.5, 0.6) is 0 Å². The van der Waals surface area contributed by atoms with Crippen molar-refractivity contribution in [3.05, 3.63) is 42.0 Å². The first-order chi connectivity index (χ1) is 14.2. The van der Waals surface area contributed by atoms with Gasteiger partial charge in [-0.05, 0) is 63.3 Å². The van der Waals surface area contributed by atoms with Gasteiger partial charge in [-0.1, -0.05) is 30.3 Å². The summed E-state index contributed by atoms with van der Waals surface area (Å²) in [6, 6.07) is 10.5. The molecule has 156 valence electrons. The molecule has 3 saturated heterocycles. The highest BCUT2D eigenvalue weighted by atomic mass is 16.2.